The molecule has 0 fully saturated rings. The quantitative estimate of drug-likeness (QED) is 0.459. The molecule has 0 radical (unpaired) electrons. The molecule has 0 aliphatic carbocycles. The maximum absolute atomic E-state index is 13.8. The molecule has 0 aliphatic heterocycles. The van der Waals surface area contributed by atoms with Gasteiger partial charge in [0, 0.05) is 11.4 Å². The van der Waals surface area contributed by atoms with Crippen LogP contribution in [0.15, 0.2) is 66.0 Å². The molecule has 3 heterocycles. The van der Waals surface area contributed by atoms with Crippen LogP contribution >= 0.6 is 0 Å². The van der Waals surface area contributed by atoms with Crippen molar-refractivity contribution in [2.45, 2.75) is 13.0 Å². The maximum Gasteiger partial charge on any atom is 0.263 e. The second-order valence-electron chi connectivity index (χ2n) is 7.11. The molecule has 1 atom stereocenters. The van der Waals surface area contributed by atoms with Gasteiger partial charge in [-0.25, -0.2) is 23.7 Å². The van der Waals surface area contributed by atoms with Gasteiger partial charge in [-0.05, 0) is 54.8 Å². The smallest absolute Gasteiger partial charge is 0.263 e. The van der Waals surface area contributed by atoms with E-state index in [4.69, 9.17) is 0 Å². The normalized spacial score (nSPS) is 12.4. The minimum absolute atomic E-state index is 0.233. The van der Waals surface area contributed by atoms with Crippen molar-refractivity contribution in [3.8, 4) is 5.69 Å². The number of aromatic nitrogens is 5. The van der Waals surface area contributed by atoms with Gasteiger partial charge in [0.05, 0.1) is 17.8 Å². The maximum atomic E-state index is 13.8. The van der Waals surface area contributed by atoms with Crippen LogP contribution in [0.2, 0.25) is 0 Å². The third-order valence-corrected chi connectivity index (χ3v) is 5.11. The molecule has 5 rings (SSSR count). The van der Waals surface area contributed by atoms with Gasteiger partial charge in [0.1, 0.15) is 23.5 Å². The fraction of sp³-hybridized carbons (Fsp3) is 0.0909. The summed E-state index contributed by atoms with van der Waals surface area (Å²) in [6, 6.07) is 11.0. The van der Waals surface area contributed by atoms with Crippen molar-refractivity contribution in [3.63, 3.8) is 0 Å². The van der Waals surface area contributed by atoms with Gasteiger partial charge in [-0.2, -0.15) is 0 Å². The summed E-state index contributed by atoms with van der Waals surface area (Å²) in [5.74, 6) is -0.426. The number of benzene rings is 2. The molecule has 0 saturated carbocycles. The first kappa shape index (κ1) is 18.9. The van der Waals surface area contributed by atoms with Gasteiger partial charge in [0.15, 0.2) is 11.5 Å². The summed E-state index contributed by atoms with van der Waals surface area (Å²) in [6.07, 6.45) is 2.93. The van der Waals surface area contributed by atoms with Crippen LogP contribution < -0.4 is 10.9 Å². The van der Waals surface area contributed by atoms with Gasteiger partial charge in [-0.3, -0.25) is 9.36 Å². The topological polar surface area (TPSA) is 88.5 Å². The number of nitrogens with zero attached hydrogens (tertiary/aromatic N) is 4. The van der Waals surface area contributed by atoms with Crippen LogP contribution in [0.5, 0.6) is 0 Å². The molecule has 0 aliphatic rings. The Labute approximate surface area is 174 Å². The van der Waals surface area contributed by atoms with Crippen molar-refractivity contribution in [2.24, 2.45) is 0 Å². The minimum Gasteiger partial charge on any atom is -0.360 e. The van der Waals surface area contributed by atoms with Crippen molar-refractivity contribution >= 4 is 27.8 Å². The van der Waals surface area contributed by atoms with Gasteiger partial charge < -0.3 is 10.3 Å². The molecule has 0 bridgehead atoms. The number of hydrogen-bond acceptors (Lipinski definition) is 5. The number of fused-ring (bicyclic) bond motifs is 2. The van der Waals surface area contributed by atoms with Crippen LogP contribution in [-0.2, 0) is 0 Å². The molecule has 0 unspecified atom stereocenters. The van der Waals surface area contributed by atoms with Crippen molar-refractivity contribution in [1.29, 1.82) is 0 Å². The Balaban J connectivity index is 1.70. The van der Waals surface area contributed by atoms with E-state index in [-0.39, 0.29) is 5.39 Å². The number of aromatic amines is 1. The van der Waals surface area contributed by atoms with Gasteiger partial charge in [-0.15, -0.1) is 0 Å². The van der Waals surface area contributed by atoms with Gasteiger partial charge in [0.2, 0.25) is 0 Å². The lowest BCUT2D eigenvalue weighted by atomic mass is 10.1. The molecule has 31 heavy (non-hydrogen) atoms. The minimum atomic E-state index is -0.504. The van der Waals surface area contributed by atoms with Crippen LogP contribution in [0.1, 0.15) is 18.7 Å². The molecule has 154 valence electrons. The second-order valence-corrected chi connectivity index (χ2v) is 7.11. The predicted octanol–water partition coefficient (Wildman–Crippen LogP) is 4.11. The third kappa shape index (κ3) is 3.29. The Kier molecular flexibility index (Phi) is 4.43. The molecule has 2 N–H and O–H groups in total. The number of imidazole rings is 1. The number of hydrogen-bond donors (Lipinski definition) is 2. The number of rotatable bonds is 4. The van der Waals surface area contributed by atoms with E-state index in [0.29, 0.717) is 33.7 Å². The zero-order valence-corrected chi connectivity index (χ0v) is 16.3. The van der Waals surface area contributed by atoms with E-state index in [9.17, 15) is 13.6 Å². The summed E-state index contributed by atoms with van der Waals surface area (Å²) in [4.78, 5) is 28.9. The largest absolute Gasteiger partial charge is 0.360 e. The number of pyridine rings is 1. The Morgan fingerprint density at radius 3 is 2.58 bits per heavy atom. The molecule has 7 nitrogen and oxygen atoms in total. The number of H-pyrrole nitrogens is 1. The molecular formula is C22H16F2N6O. The number of anilines is 1. The zero-order valence-electron chi connectivity index (χ0n) is 16.3. The SMILES string of the molecule is C[C@H](Nc1ncnc2[nH]cnc12)c1cc2ccc(F)cc2c(=O)n1-c1ccc(F)cc1. The lowest BCUT2D eigenvalue weighted by Gasteiger charge is -2.21. The van der Waals surface area contributed by atoms with Crippen LogP contribution in [0, 0.1) is 11.6 Å². The predicted molar refractivity (Wildman–Crippen MR) is 113 cm³/mol. The van der Waals surface area contributed by atoms with E-state index in [0.717, 1.165) is 0 Å². The monoisotopic (exact) mass is 418 g/mol. The standard InChI is InChI=1S/C22H16F2N6O/c1-12(29-21-19-20(26-10-25-19)27-11-28-21)18-8-13-2-3-15(24)9-17(13)22(31)30(18)16-6-4-14(23)5-7-16/h2-12H,1H3,(H2,25,26,27,28,29)/t12-/m0/s1. The van der Waals surface area contributed by atoms with Crippen molar-refractivity contribution in [3.05, 3.63) is 88.9 Å². The highest BCUT2D eigenvalue weighted by atomic mass is 19.1. The van der Waals surface area contributed by atoms with Crippen molar-refractivity contribution in [1.82, 2.24) is 24.5 Å². The van der Waals surface area contributed by atoms with E-state index in [1.165, 1.54) is 53.6 Å². The Morgan fingerprint density at radius 1 is 1.00 bits per heavy atom. The molecule has 0 saturated heterocycles. The fourth-order valence-electron chi connectivity index (χ4n) is 3.63. The lowest BCUT2D eigenvalue weighted by Crippen LogP contribution is -2.25. The van der Waals surface area contributed by atoms with E-state index in [1.807, 2.05) is 6.92 Å². The van der Waals surface area contributed by atoms with Gasteiger partial charge >= 0.3 is 0 Å². The van der Waals surface area contributed by atoms with E-state index in [1.54, 1.807) is 12.1 Å². The number of nitrogens with one attached hydrogen (secondary N) is 2. The molecule has 9 heteroatoms. The van der Waals surface area contributed by atoms with Gasteiger partial charge in [0.25, 0.3) is 5.56 Å². The van der Waals surface area contributed by atoms with Crippen LogP contribution in [0.25, 0.3) is 27.6 Å². The molecule has 5 aromatic rings. The van der Waals surface area contributed by atoms with E-state index < -0.39 is 23.2 Å². The van der Waals surface area contributed by atoms with Crippen LogP contribution in [-0.4, -0.2) is 24.5 Å². The highest BCUT2D eigenvalue weighted by molar-refractivity contribution is 5.84. The first-order chi connectivity index (χ1) is 15.0. The summed E-state index contributed by atoms with van der Waals surface area (Å²) in [5.41, 5.74) is 1.80. The Hall–Kier alpha value is -4.14. The Bertz CT molecular complexity index is 1480. The summed E-state index contributed by atoms with van der Waals surface area (Å²) < 4.78 is 28.8. The second kappa shape index (κ2) is 7.28. The summed E-state index contributed by atoms with van der Waals surface area (Å²) >= 11 is 0. The zero-order chi connectivity index (χ0) is 21.5. The third-order valence-electron chi connectivity index (χ3n) is 5.11. The molecule has 0 amide bonds. The first-order valence-corrected chi connectivity index (χ1v) is 9.53. The summed E-state index contributed by atoms with van der Waals surface area (Å²) in [7, 11) is 0. The van der Waals surface area contributed by atoms with Crippen LogP contribution in [0.3, 0.4) is 0 Å². The summed E-state index contributed by atoms with van der Waals surface area (Å²) in [6.45, 7) is 1.87. The lowest BCUT2D eigenvalue weighted by molar-refractivity contribution is 0.627. The summed E-state index contributed by atoms with van der Waals surface area (Å²) in [5, 5.41) is 4.10. The highest BCUT2D eigenvalue weighted by Crippen LogP contribution is 2.26. The average molecular weight is 418 g/mol. The van der Waals surface area contributed by atoms with Crippen molar-refractivity contribution < 1.29 is 8.78 Å². The van der Waals surface area contributed by atoms with E-state index in [2.05, 4.69) is 25.3 Å². The molecule has 3 aromatic heterocycles. The first-order valence-electron chi connectivity index (χ1n) is 9.53. The molecular weight excluding hydrogens is 402 g/mol. The van der Waals surface area contributed by atoms with Crippen molar-refractivity contribution in [2.75, 3.05) is 5.32 Å². The average Bonchev–Trinajstić information content (AvgIpc) is 3.25. The molecule has 0 spiro atoms. The highest BCUT2D eigenvalue weighted by Gasteiger charge is 2.18. The molecule has 2 aromatic carbocycles. The van der Waals surface area contributed by atoms with Crippen LogP contribution in [0.4, 0.5) is 14.6 Å². The van der Waals surface area contributed by atoms with E-state index >= 15 is 0 Å². The Morgan fingerprint density at radius 2 is 1.77 bits per heavy atom. The van der Waals surface area contributed by atoms with Gasteiger partial charge in [-0.1, -0.05) is 6.07 Å². The number of halogens is 2. The fourth-order valence-corrected chi connectivity index (χ4v) is 3.63.